The number of rotatable bonds is 7. The standard InChI is InChI=1S/C14H20N2O4S.C7H7ClO2S/c17-16(18)13-6-8-14(9-7-13)21(19,20)15-11-10-12-4-2-1-3-5-12;1-6-2-4-7(5-3-6)11(8,9)10/h6-9,12,15H,1-5,10-11H2;2-5H,1H3. The van der Waals surface area contributed by atoms with E-state index in [1.54, 1.807) is 12.1 Å². The third-order valence-electron chi connectivity index (χ3n) is 5.23. The van der Waals surface area contributed by atoms with Crippen LogP contribution in [0.5, 0.6) is 0 Å². The predicted molar refractivity (Wildman–Crippen MR) is 124 cm³/mol. The van der Waals surface area contributed by atoms with Crippen LogP contribution in [-0.2, 0) is 19.1 Å². The van der Waals surface area contributed by atoms with Gasteiger partial charge in [-0.15, -0.1) is 0 Å². The predicted octanol–water partition coefficient (Wildman–Crippen LogP) is 4.77. The summed E-state index contributed by atoms with van der Waals surface area (Å²) < 4.78 is 48.1. The van der Waals surface area contributed by atoms with Crippen LogP contribution in [0.4, 0.5) is 5.69 Å². The van der Waals surface area contributed by atoms with Crippen LogP contribution in [0.1, 0.15) is 44.1 Å². The first-order chi connectivity index (χ1) is 15.0. The fourth-order valence-electron chi connectivity index (χ4n) is 3.40. The van der Waals surface area contributed by atoms with Gasteiger partial charge in [0, 0.05) is 29.4 Å². The number of nitro groups is 1. The quantitative estimate of drug-likeness (QED) is 0.330. The van der Waals surface area contributed by atoms with E-state index in [0.717, 1.165) is 12.0 Å². The first-order valence-electron chi connectivity index (χ1n) is 10.2. The van der Waals surface area contributed by atoms with E-state index < -0.39 is 24.0 Å². The van der Waals surface area contributed by atoms with Crippen molar-refractivity contribution in [3.8, 4) is 0 Å². The van der Waals surface area contributed by atoms with E-state index >= 15 is 0 Å². The summed E-state index contributed by atoms with van der Waals surface area (Å²) in [6, 6.07) is 11.3. The molecule has 0 atom stereocenters. The van der Waals surface area contributed by atoms with Gasteiger partial charge in [-0.05, 0) is 43.5 Å². The largest absolute Gasteiger partial charge is 0.269 e. The summed E-state index contributed by atoms with van der Waals surface area (Å²) in [6.07, 6.45) is 6.97. The molecule has 1 fully saturated rings. The first kappa shape index (κ1) is 26.2. The minimum absolute atomic E-state index is 0.0664. The average molecular weight is 503 g/mol. The van der Waals surface area contributed by atoms with Gasteiger partial charge in [0.25, 0.3) is 14.7 Å². The molecule has 1 N–H and O–H groups in total. The Labute approximate surface area is 193 Å². The normalized spacial score (nSPS) is 14.9. The zero-order chi connectivity index (χ0) is 23.8. The molecule has 0 amide bonds. The van der Waals surface area contributed by atoms with Crippen molar-refractivity contribution in [1.82, 2.24) is 4.72 Å². The van der Waals surface area contributed by atoms with Crippen LogP contribution in [0, 0.1) is 23.0 Å². The number of nitrogens with zero attached hydrogens (tertiary/aromatic N) is 1. The van der Waals surface area contributed by atoms with Gasteiger partial charge in [-0.1, -0.05) is 49.8 Å². The number of aryl methyl sites for hydroxylation is 1. The molecule has 0 aliphatic heterocycles. The van der Waals surface area contributed by atoms with Crippen molar-refractivity contribution in [2.24, 2.45) is 5.92 Å². The number of nitrogens with one attached hydrogen (secondary N) is 1. The van der Waals surface area contributed by atoms with Crippen molar-refractivity contribution in [3.05, 3.63) is 64.2 Å². The van der Waals surface area contributed by atoms with Crippen LogP contribution in [0.2, 0.25) is 0 Å². The van der Waals surface area contributed by atoms with E-state index in [1.165, 1.54) is 68.5 Å². The molecule has 0 heterocycles. The summed E-state index contributed by atoms with van der Waals surface area (Å²) in [7, 11) is -2.04. The smallest absolute Gasteiger partial charge is 0.258 e. The monoisotopic (exact) mass is 502 g/mol. The highest BCUT2D eigenvalue weighted by molar-refractivity contribution is 8.13. The molecule has 176 valence electrons. The molecule has 1 aliphatic rings. The third-order valence-corrected chi connectivity index (χ3v) is 8.08. The minimum Gasteiger partial charge on any atom is -0.258 e. The first-order valence-corrected chi connectivity index (χ1v) is 14.0. The third kappa shape index (κ3) is 8.50. The highest BCUT2D eigenvalue weighted by Gasteiger charge is 2.17. The highest BCUT2D eigenvalue weighted by atomic mass is 35.7. The molecule has 32 heavy (non-hydrogen) atoms. The Morgan fingerprint density at radius 3 is 1.97 bits per heavy atom. The van der Waals surface area contributed by atoms with Crippen molar-refractivity contribution < 1.29 is 21.8 Å². The molecule has 0 radical (unpaired) electrons. The average Bonchev–Trinajstić information content (AvgIpc) is 2.74. The van der Waals surface area contributed by atoms with Crippen LogP contribution < -0.4 is 4.72 Å². The summed E-state index contributed by atoms with van der Waals surface area (Å²) in [6.45, 7) is 2.30. The van der Waals surface area contributed by atoms with E-state index in [0.29, 0.717) is 12.5 Å². The number of benzene rings is 2. The lowest BCUT2D eigenvalue weighted by Crippen LogP contribution is -2.26. The van der Waals surface area contributed by atoms with Crippen molar-refractivity contribution >= 4 is 35.4 Å². The zero-order valence-corrected chi connectivity index (χ0v) is 20.1. The van der Waals surface area contributed by atoms with Crippen LogP contribution in [0.3, 0.4) is 0 Å². The SMILES string of the molecule is Cc1ccc(S(=O)(=O)Cl)cc1.O=[N+]([O-])c1ccc(S(=O)(=O)NCCC2CCCCC2)cc1. The molecule has 0 bridgehead atoms. The van der Waals surface area contributed by atoms with E-state index in [2.05, 4.69) is 4.72 Å². The maximum absolute atomic E-state index is 12.1. The van der Waals surface area contributed by atoms with Crippen molar-refractivity contribution in [1.29, 1.82) is 0 Å². The minimum atomic E-state index is -3.58. The van der Waals surface area contributed by atoms with E-state index in [4.69, 9.17) is 10.7 Å². The van der Waals surface area contributed by atoms with Crippen LogP contribution in [-0.4, -0.2) is 28.3 Å². The second kappa shape index (κ2) is 11.7. The summed E-state index contributed by atoms with van der Waals surface area (Å²) >= 11 is 0. The lowest BCUT2D eigenvalue weighted by molar-refractivity contribution is -0.384. The van der Waals surface area contributed by atoms with Gasteiger partial charge in [0.05, 0.1) is 14.7 Å². The van der Waals surface area contributed by atoms with Crippen molar-refractivity contribution in [2.45, 2.75) is 55.2 Å². The second-order valence-corrected chi connectivity index (χ2v) is 12.0. The number of hydrogen-bond donors (Lipinski definition) is 1. The molecule has 3 rings (SSSR count). The summed E-state index contributed by atoms with van der Waals surface area (Å²) in [5, 5.41) is 10.5. The molecular formula is C21H27ClN2O6S2. The van der Waals surface area contributed by atoms with Gasteiger partial charge in [0.15, 0.2) is 0 Å². The number of hydrogen-bond acceptors (Lipinski definition) is 6. The highest BCUT2D eigenvalue weighted by Crippen LogP contribution is 2.26. The lowest BCUT2D eigenvalue weighted by atomic mass is 9.87. The van der Waals surface area contributed by atoms with Crippen LogP contribution in [0.15, 0.2) is 58.3 Å². The number of non-ortho nitro benzene ring substituents is 1. The Kier molecular flexibility index (Phi) is 9.63. The molecule has 8 nitrogen and oxygen atoms in total. The van der Waals surface area contributed by atoms with Gasteiger partial charge >= 0.3 is 0 Å². The van der Waals surface area contributed by atoms with Gasteiger partial charge < -0.3 is 0 Å². The Morgan fingerprint density at radius 2 is 1.47 bits per heavy atom. The fraction of sp³-hybridized carbons (Fsp3) is 0.429. The van der Waals surface area contributed by atoms with Crippen molar-refractivity contribution in [3.63, 3.8) is 0 Å². The van der Waals surface area contributed by atoms with Gasteiger partial charge in [-0.2, -0.15) is 0 Å². The van der Waals surface area contributed by atoms with Gasteiger partial charge in [0.2, 0.25) is 10.0 Å². The summed E-state index contributed by atoms with van der Waals surface area (Å²) in [5.41, 5.74) is 0.894. The van der Waals surface area contributed by atoms with Crippen LogP contribution in [0.25, 0.3) is 0 Å². The molecule has 1 aliphatic carbocycles. The number of sulfonamides is 1. The lowest BCUT2D eigenvalue weighted by Gasteiger charge is -2.21. The molecule has 11 heteroatoms. The topological polar surface area (TPSA) is 123 Å². The fourth-order valence-corrected chi connectivity index (χ4v) is 5.22. The maximum atomic E-state index is 12.1. The van der Waals surface area contributed by atoms with E-state index in [-0.39, 0.29) is 15.5 Å². The molecular weight excluding hydrogens is 476 g/mol. The zero-order valence-electron chi connectivity index (χ0n) is 17.7. The molecule has 0 aromatic heterocycles. The summed E-state index contributed by atoms with van der Waals surface area (Å²) in [4.78, 5) is 10.2. The molecule has 0 unspecified atom stereocenters. The Balaban J connectivity index is 0.000000278. The molecule has 0 spiro atoms. The van der Waals surface area contributed by atoms with Crippen LogP contribution >= 0.6 is 10.7 Å². The molecule has 2 aromatic carbocycles. The number of halogens is 1. The Hall–Kier alpha value is -2.01. The molecule has 2 aromatic rings. The van der Waals surface area contributed by atoms with E-state index in [1.807, 2.05) is 6.92 Å². The van der Waals surface area contributed by atoms with E-state index in [9.17, 15) is 26.9 Å². The van der Waals surface area contributed by atoms with Gasteiger partial charge in [-0.3, -0.25) is 10.1 Å². The molecule has 0 saturated heterocycles. The van der Waals surface area contributed by atoms with Crippen molar-refractivity contribution in [2.75, 3.05) is 6.54 Å². The Morgan fingerprint density at radius 1 is 0.938 bits per heavy atom. The number of nitro benzene ring substituents is 1. The second-order valence-electron chi connectivity index (χ2n) is 7.69. The van der Waals surface area contributed by atoms with Gasteiger partial charge in [0.1, 0.15) is 0 Å². The van der Waals surface area contributed by atoms with Gasteiger partial charge in [-0.25, -0.2) is 21.6 Å². The summed E-state index contributed by atoms with van der Waals surface area (Å²) in [5.74, 6) is 0.610. The maximum Gasteiger partial charge on any atom is 0.269 e. The molecule has 1 saturated carbocycles. The Bertz CT molecular complexity index is 1100.